The second kappa shape index (κ2) is 23.4. The maximum absolute atomic E-state index is 16.2. The minimum atomic E-state index is -2.18. The van der Waals surface area contributed by atoms with Gasteiger partial charge in [0.1, 0.15) is 40.2 Å². The number of amides is 2. The minimum absolute atomic E-state index is 0.000337. The number of halogens is 1. The van der Waals surface area contributed by atoms with Gasteiger partial charge < -0.3 is 68.7 Å². The van der Waals surface area contributed by atoms with Crippen LogP contribution in [0.2, 0.25) is 0 Å². The molecule has 22 nitrogen and oxygen atoms in total. The number of methoxy groups -OCH3 is 2. The van der Waals surface area contributed by atoms with Crippen molar-refractivity contribution in [2.45, 2.75) is 117 Å². The monoisotopic (exact) mass is 1150 g/mol. The normalized spacial score (nSPS) is 28.1. The number of phenolic OH excluding ortho intramolecular Hbond substituents is 1. The number of rotatable bonds is 8. The van der Waals surface area contributed by atoms with E-state index in [2.05, 4.69) is 5.32 Å². The summed E-state index contributed by atoms with van der Waals surface area (Å²) in [5, 5.41) is 47.1. The van der Waals surface area contributed by atoms with Crippen molar-refractivity contribution in [1.29, 1.82) is 0 Å². The van der Waals surface area contributed by atoms with Crippen LogP contribution in [0.15, 0.2) is 64.6 Å². The van der Waals surface area contributed by atoms with Gasteiger partial charge >= 0.3 is 17.7 Å². The van der Waals surface area contributed by atoms with Gasteiger partial charge in [-0.1, -0.05) is 39.0 Å². The van der Waals surface area contributed by atoms with Gasteiger partial charge in [0.05, 0.1) is 59.3 Å². The number of piperazine rings is 1. The SMILES string of the molecule is COc1c(N2CCN(C(=O)C3CCN(C4=C5NC(=O)/C(C)=C\C=C\[C@H](C)[C@H](O)[C@@H](C)[C@@H](O)[C@@H](C)[C@H](OC(C)=O)C[C@@H](OC)/C=C/O[C@@]6(C)Oc7c(C)c(O)c(c(c7C6=O)C4=O)C5=O)CC3)CC2)c(F)cc2c(=O)c(C(=O)O)cn(C3CC3)c12. The number of hydrogen-bond acceptors (Lipinski definition) is 18. The molecule has 0 radical (unpaired) electrons. The van der Waals surface area contributed by atoms with Gasteiger partial charge in [-0.2, -0.15) is 0 Å². The first-order valence-corrected chi connectivity index (χ1v) is 27.8. The van der Waals surface area contributed by atoms with Crippen molar-refractivity contribution in [3.63, 3.8) is 0 Å². The van der Waals surface area contributed by atoms with Crippen molar-refractivity contribution in [1.82, 2.24) is 19.7 Å². The summed E-state index contributed by atoms with van der Waals surface area (Å²) in [5.74, 6) is -12.3. The summed E-state index contributed by atoms with van der Waals surface area (Å²) in [6.45, 7) is 11.1. The third-order valence-corrected chi connectivity index (χ3v) is 17.1. The fraction of sp³-hybridized carbons (Fsp3) is 0.500. The Morgan fingerprint density at radius 2 is 1.53 bits per heavy atom. The second-order valence-electron chi connectivity index (χ2n) is 22.6. The van der Waals surface area contributed by atoms with Crippen molar-refractivity contribution in [2.75, 3.05) is 58.4 Å². The second-order valence-corrected chi connectivity index (χ2v) is 22.6. The zero-order chi connectivity index (χ0) is 60.3. The molecule has 1 aromatic heterocycles. The van der Waals surface area contributed by atoms with E-state index in [1.165, 1.54) is 66.3 Å². The van der Waals surface area contributed by atoms with Gasteiger partial charge in [-0.3, -0.25) is 33.6 Å². The van der Waals surface area contributed by atoms with E-state index in [0.717, 1.165) is 25.2 Å². The maximum Gasteiger partial charge on any atom is 0.341 e. The lowest BCUT2D eigenvalue weighted by Crippen LogP contribution is -2.52. The predicted molar refractivity (Wildman–Crippen MR) is 297 cm³/mol. The molecule has 3 fully saturated rings. The van der Waals surface area contributed by atoms with Crippen LogP contribution in [-0.2, 0) is 28.6 Å². The Balaban J connectivity index is 1.00. The smallest absolute Gasteiger partial charge is 0.341 e. The van der Waals surface area contributed by atoms with Gasteiger partial charge in [0.25, 0.3) is 11.7 Å². The van der Waals surface area contributed by atoms with Crippen molar-refractivity contribution >= 4 is 57.7 Å². The summed E-state index contributed by atoms with van der Waals surface area (Å²) in [5.41, 5.74) is -3.09. The highest BCUT2D eigenvalue weighted by Gasteiger charge is 2.53. The van der Waals surface area contributed by atoms with Crippen LogP contribution in [0.3, 0.4) is 0 Å². The molecule has 1 saturated carbocycles. The molecule has 8 atom stereocenters. The van der Waals surface area contributed by atoms with E-state index in [4.69, 9.17) is 23.7 Å². The van der Waals surface area contributed by atoms with Gasteiger partial charge in [0.2, 0.25) is 22.9 Å². The van der Waals surface area contributed by atoms with Crippen LogP contribution < -0.4 is 25.1 Å². The topological polar surface area (TPSA) is 290 Å². The molecule has 23 heteroatoms. The lowest BCUT2D eigenvalue weighted by atomic mass is 9.81. The first-order valence-electron chi connectivity index (χ1n) is 27.8. The number of aromatic hydroxyl groups is 1. The fourth-order valence-electron chi connectivity index (χ4n) is 12.0. The number of hydrogen-bond donors (Lipinski definition) is 5. The number of ether oxygens (including phenoxy) is 5. The molecule has 444 valence electrons. The molecular formula is C60H70FN5O17. The van der Waals surface area contributed by atoms with Gasteiger partial charge in [-0.15, -0.1) is 0 Å². The molecule has 7 aliphatic rings. The molecule has 0 unspecified atom stereocenters. The van der Waals surface area contributed by atoms with E-state index >= 15 is 14.0 Å². The summed E-state index contributed by atoms with van der Waals surface area (Å²) in [6.07, 6.45) is 6.15. The standard InChI is InChI=1S/C60H70FN5O17/c1-28-11-10-12-29(2)57(75)62-44-47(63-18-15-34(16-19-63)58(76)65-22-20-64(21-23-65)46-39(61)26-37-45(55(46)80-9)66(35-13-14-35)27-38(51(37)71)59(77)78)53(73)41-42(52(44)72)50(70)32(5)54-43(41)56(74)60(7,83-54)81-24-17-36(79-8)25-40(82-33(6)67)30(3)49(69)31(4)48(28)68/h10-12,17,24,26-28,30-31,34-36,40,48-49,68-70H,13-16,18-23,25H2,1-9H3,(H,62,75)(H,77,78)/b11-10+,24-17+,29-12-/t28-,30-,31+,36-,40+,48-,49-,60-/m0/s1. The summed E-state index contributed by atoms with van der Waals surface area (Å²) >= 11 is 0. The van der Waals surface area contributed by atoms with Crippen molar-refractivity contribution < 1.29 is 82.1 Å². The number of carboxylic acids is 1. The largest absolute Gasteiger partial charge is 0.507 e. The van der Waals surface area contributed by atoms with Crippen LogP contribution in [0, 0.1) is 36.4 Å². The van der Waals surface area contributed by atoms with Crippen LogP contribution in [0.25, 0.3) is 10.9 Å². The molecule has 2 aliphatic carbocycles. The molecule has 83 heavy (non-hydrogen) atoms. The number of aromatic nitrogens is 1. The van der Waals surface area contributed by atoms with Crippen LogP contribution in [0.4, 0.5) is 10.1 Å². The number of carboxylic acid groups (broad SMARTS) is 1. The Kier molecular flexibility index (Phi) is 16.8. The predicted octanol–water partition coefficient (Wildman–Crippen LogP) is 5.27. The Bertz CT molecular complexity index is 3400. The van der Waals surface area contributed by atoms with Crippen molar-refractivity contribution in [3.05, 3.63) is 104 Å². The van der Waals surface area contributed by atoms with E-state index in [9.17, 15) is 49.2 Å². The average molecular weight is 1150 g/mol. The Morgan fingerprint density at radius 3 is 2.14 bits per heavy atom. The number of pyridine rings is 1. The number of aromatic carboxylic acids is 1. The lowest BCUT2D eigenvalue weighted by Gasteiger charge is -2.41. The molecular weight excluding hydrogens is 1080 g/mol. The highest BCUT2D eigenvalue weighted by molar-refractivity contribution is 6.32. The highest BCUT2D eigenvalue weighted by Crippen LogP contribution is 2.50. The first-order chi connectivity index (χ1) is 39.3. The number of fused-ring (bicyclic) bond motifs is 15. The molecule has 2 aromatic carbocycles. The van der Waals surface area contributed by atoms with E-state index in [1.54, 1.807) is 46.1 Å². The average Bonchev–Trinajstić information content (AvgIpc) is 1.96. The van der Waals surface area contributed by atoms with E-state index < -0.39 is 128 Å². The van der Waals surface area contributed by atoms with E-state index in [0.29, 0.717) is 0 Å². The number of allylic oxidation sites excluding steroid dienone is 4. The number of nitrogens with zero attached hydrogens (tertiary/aromatic N) is 4. The highest BCUT2D eigenvalue weighted by atomic mass is 19.1. The Morgan fingerprint density at radius 1 is 0.855 bits per heavy atom. The Hall–Kier alpha value is -7.89. The zero-order valence-corrected chi connectivity index (χ0v) is 47.8. The number of aliphatic hydroxyl groups excluding tert-OH is 2. The van der Waals surface area contributed by atoms with Gasteiger partial charge in [-0.25, -0.2) is 9.18 Å². The van der Waals surface area contributed by atoms with Crippen LogP contribution in [-0.4, -0.2) is 160 Å². The minimum Gasteiger partial charge on any atom is -0.507 e. The molecule has 5 N–H and O–H groups in total. The van der Waals surface area contributed by atoms with Gasteiger partial charge in [0.15, 0.2) is 11.6 Å². The molecule has 2 saturated heterocycles. The van der Waals surface area contributed by atoms with E-state index in [-0.39, 0.29) is 121 Å². The van der Waals surface area contributed by atoms with Gasteiger partial charge in [0, 0.05) is 114 Å². The number of carbonyl (C=O) groups is 7. The molecule has 6 heterocycles. The number of piperidine rings is 1. The number of phenols is 1. The zero-order valence-electron chi connectivity index (χ0n) is 47.8. The number of carbonyl (C=O) groups excluding carboxylic acids is 6. The van der Waals surface area contributed by atoms with Crippen LogP contribution >= 0.6 is 0 Å². The maximum atomic E-state index is 16.2. The lowest BCUT2D eigenvalue weighted by molar-refractivity contribution is -0.155. The Labute approximate surface area is 477 Å². The molecule has 10 rings (SSSR count). The molecule has 0 spiro atoms. The van der Waals surface area contributed by atoms with Crippen molar-refractivity contribution in [2.24, 2.45) is 23.7 Å². The number of nitrogens with one attached hydrogen (secondary N) is 1. The first kappa shape index (κ1) is 59.7. The summed E-state index contributed by atoms with van der Waals surface area (Å²) in [4.78, 5) is 116. The number of ketones is 3. The number of esters is 1. The van der Waals surface area contributed by atoms with E-state index in [1.807, 2.05) is 0 Å². The number of Topliss-reactive ketones (excluding diaryl/α,β-unsaturated/α-hetero) is 3. The number of aliphatic hydroxyl groups is 2. The van der Waals surface area contributed by atoms with Gasteiger partial charge in [-0.05, 0) is 51.7 Å². The number of anilines is 1. The molecule has 3 aromatic rings. The third-order valence-electron chi connectivity index (χ3n) is 17.1. The fourth-order valence-corrected chi connectivity index (χ4v) is 12.0. The summed E-state index contributed by atoms with van der Waals surface area (Å²) in [7, 11) is 2.74. The van der Waals surface area contributed by atoms with Crippen molar-refractivity contribution in [3.8, 4) is 17.2 Å². The molecule has 2 amide bonds. The quantitative estimate of drug-likeness (QED) is 0.180. The third kappa shape index (κ3) is 11.0. The number of likely N-dealkylation sites (tertiary alicyclic amines) is 1. The van der Waals surface area contributed by atoms with Crippen LogP contribution in [0.5, 0.6) is 17.2 Å². The molecule has 5 bridgehead atoms. The van der Waals surface area contributed by atoms with Crippen LogP contribution in [0.1, 0.15) is 127 Å². The number of benzene rings is 2. The molecule has 5 aliphatic heterocycles. The summed E-state index contributed by atoms with van der Waals surface area (Å²) in [6, 6.07) is 0.943. The summed E-state index contributed by atoms with van der Waals surface area (Å²) < 4.78 is 47.1.